The first kappa shape index (κ1) is 16.1. The predicted octanol–water partition coefficient (Wildman–Crippen LogP) is 1.65. The molecule has 6 nitrogen and oxygen atoms in total. The summed E-state index contributed by atoms with van der Waals surface area (Å²) in [7, 11) is 3.27. The van der Waals surface area contributed by atoms with Crippen molar-refractivity contribution in [2.24, 2.45) is 10.9 Å². The van der Waals surface area contributed by atoms with Gasteiger partial charge in [-0.3, -0.25) is 0 Å². The molecule has 6 heteroatoms. The molecule has 0 aliphatic rings. The summed E-state index contributed by atoms with van der Waals surface area (Å²) in [6.07, 6.45) is 0. The molecule has 0 saturated heterocycles. The highest BCUT2D eigenvalue weighted by Gasteiger charge is 2.17. The molecule has 0 radical (unpaired) electrons. The van der Waals surface area contributed by atoms with Crippen LogP contribution in [0.15, 0.2) is 23.4 Å². The fourth-order valence-corrected chi connectivity index (χ4v) is 1.99. The number of nitrogens with zero attached hydrogens (tertiary/aromatic N) is 2. The summed E-state index contributed by atoms with van der Waals surface area (Å²) in [5, 5.41) is 12.0. The van der Waals surface area contributed by atoms with Crippen LogP contribution in [0.2, 0.25) is 0 Å². The number of nitrogens with two attached hydrogens (primary N) is 1. The smallest absolute Gasteiger partial charge is 0.172 e. The standard InChI is InChI=1S/C14H23N3O3/c1-10(2)17(7-8-19-3)13-9-11(20-4)5-6-12(13)14(15)16-18/h5-6,9-10,18H,7-8H2,1-4H3,(H2,15,16). The van der Waals surface area contributed by atoms with Gasteiger partial charge in [0.25, 0.3) is 0 Å². The Balaban J connectivity index is 3.27. The third kappa shape index (κ3) is 3.77. The number of rotatable bonds is 7. The number of amidine groups is 1. The van der Waals surface area contributed by atoms with Gasteiger partial charge in [0.05, 0.1) is 19.4 Å². The van der Waals surface area contributed by atoms with E-state index in [0.717, 1.165) is 11.4 Å². The second kappa shape index (κ2) is 7.59. The Labute approximate surface area is 119 Å². The molecule has 0 aliphatic heterocycles. The minimum absolute atomic E-state index is 0.0747. The Kier molecular flexibility index (Phi) is 6.11. The normalized spacial score (nSPS) is 11.8. The Morgan fingerprint density at radius 3 is 2.60 bits per heavy atom. The fraction of sp³-hybridized carbons (Fsp3) is 0.500. The van der Waals surface area contributed by atoms with Crippen LogP contribution in [0.1, 0.15) is 19.4 Å². The van der Waals surface area contributed by atoms with E-state index in [1.54, 1.807) is 26.4 Å². The van der Waals surface area contributed by atoms with Gasteiger partial charge in [0, 0.05) is 31.3 Å². The van der Waals surface area contributed by atoms with E-state index in [1.807, 2.05) is 6.07 Å². The van der Waals surface area contributed by atoms with Crippen LogP contribution in [0.5, 0.6) is 5.75 Å². The summed E-state index contributed by atoms with van der Waals surface area (Å²) < 4.78 is 10.4. The zero-order valence-electron chi connectivity index (χ0n) is 12.5. The number of anilines is 1. The van der Waals surface area contributed by atoms with Gasteiger partial charge in [0.15, 0.2) is 5.84 Å². The second-order valence-corrected chi connectivity index (χ2v) is 4.65. The SMILES string of the molecule is COCCN(c1cc(OC)ccc1/C(N)=N/O)C(C)C. The van der Waals surface area contributed by atoms with Crippen LogP contribution in [-0.4, -0.2) is 44.5 Å². The van der Waals surface area contributed by atoms with Gasteiger partial charge in [-0.2, -0.15) is 0 Å². The first-order valence-corrected chi connectivity index (χ1v) is 6.46. The van der Waals surface area contributed by atoms with Gasteiger partial charge < -0.3 is 25.3 Å². The number of ether oxygens (including phenoxy) is 2. The molecule has 0 bridgehead atoms. The van der Waals surface area contributed by atoms with E-state index in [9.17, 15) is 0 Å². The van der Waals surface area contributed by atoms with Gasteiger partial charge in [0.2, 0.25) is 0 Å². The van der Waals surface area contributed by atoms with Gasteiger partial charge in [-0.05, 0) is 26.0 Å². The minimum atomic E-state index is 0.0747. The van der Waals surface area contributed by atoms with E-state index in [4.69, 9.17) is 20.4 Å². The van der Waals surface area contributed by atoms with Crippen molar-refractivity contribution in [2.45, 2.75) is 19.9 Å². The summed E-state index contributed by atoms with van der Waals surface area (Å²) in [6, 6.07) is 5.68. The molecule has 1 aromatic carbocycles. The topological polar surface area (TPSA) is 80.3 Å². The van der Waals surface area contributed by atoms with Gasteiger partial charge in [-0.25, -0.2) is 0 Å². The van der Waals surface area contributed by atoms with Gasteiger partial charge >= 0.3 is 0 Å². The van der Waals surface area contributed by atoms with E-state index in [1.165, 1.54) is 0 Å². The number of oxime groups is 1. The van der Waals surface area contributed by atoms with E-state index in [-0.39, 0.29) is 11.9 Å². The molecular formula is C14H23N3O3. The van der Waals surface area contributed by atoms with Crippen LogP contribution in [0.25, 0.3) is 0 Å². The lowest BCUT2D eigenvalue weighted by Crippen LogP contribution is -2.35. The third-order valence-corrected chi connectivity index (χ3v) is 3.06. The largest absolute Gasteiger partial charge is 0.497 e. The average Bonchev–Trinajstić information content (AvgIpc) is 2.46. The zero-order chi connectivity index (χ0) is 15.1. The number of methoxy groups -OCH3 is 2. The van der Waals surface area contributed by atoms with Crippen molar-refractivity contribution in [1.29, 1.82) is 0 Å². The van der Waals surface area contributed by atoms with Crippen LogP contribution in [0, 0.1) is 0 Å². The van der Waals surface area contributed by atoms with Crippen molar-refractivity contribution in [2.75, 3.05) is 32.3 Å². The summed E-state index contributed by atoms with van der Waals surface area (Å²) in [4.78, 5) is 2.12. The Bertz CT molecular complexity index is 461. The highest BCUT2D eigenvalue weighted by molar-refractivity contribution is 6.02. The number of hydrogen-bond donors (Lipinski definition) is 2. The van der Waals surface area contributed by atoms with Gasteiger partial charge in [-0.1, -0.05) is 5.16 Å². The lowest BCUT2D eigenvalue weighted by Gasteiger charge is -2.30. The van der Waals surface area contributed by atoms with Gasteiger partial charge in [0.1, 0.15) is 5.75 Å². The van der Waals surface area contributed by atoms with E-state index >= 15 is 0 Å². The first-order chi connectivity index (χ1) is 9.54. The molecule has 0 saturated carbocycles. The Hall–Kier alpha value is -1.95. The molecule has 0 amide bonds. The molecule has 0 aromatic heterocycles. The van der Waals surface area contributed by atoms with Crippen LogP contribution in [0.4, 0.5) is 5.69 Å². The number of hydrogen-bond acceptors (Lipinski definition) is 5. The maximum Gasteiger partial charge on any atom is 0.172 e. The van der Waals surface area contributed by atoms with Crippen molar-refractivity contribution in [3.05, 3.63) is 23.8 Å². The van der Waals surface area contributed by atoms with Crippen molar-refractivity contribution in [1.82, 2.24) is 0 Å². The molecule has 112 valence electrons. The molecule has 0 heterocycles. The second-order valence-electron chi connectivity index (χ2n) is 4.65. The summed E-state index contributed by atoms with van der Waals surface area (Å²) in [5.74, 6) is 0.795. The molecule has 0 atom stereocenters. The third-order valence-electron chi connectivity index (χ3n) is 3.06. The molecular weight excluding hydrogens is 258 g/mol. The van der Waals surface area contributed by atoms with Crippen molar-refractivity contribution >= 4 is 11.5 Å². The molecule has 1 aromatic rings. The molecule has 1 rings (SSSR count). The van der Waals surface area contributed by atoms with Crippen molar-refractivity contribution < 1.29 is 14.7 Å². The van der Waals surface area contributed by atoms with Gasteiger partial charge in [-0.15, -0.1) is 0 Å². The Morgan fingerprint density at radius 2 is 2.10 bits per heavy atom. The summed E-state index contributed by atoms with van der Waals surface area (Å²) in [5.41, 5.74) is 7.27. The van der Waals surface area contributed by atoms with Crippen LogP contribution in [0.3, 0.4) is 0 Å². The Morgan fingerprint density at radius 1 is 1.40 bits per heavy atom. The minimum Gasteiger partial charge on any atom is -0.497 e. The van der Waals surface area contributed by atoms with Crippen LogP contribution in [-0.2, 0) is 4.74 Å². The molecule has 0 unspecified atom stereocenters. The lowest BCUT2D eigenvalue weighted by molar-refractivity contribution is 0.204. The zero-order valence-corrected chi connectivity index (χ0v) is 12.5. The molecule has 0 fully saturated rings. The van der Waals surface area contributed by atoms with Crippen LogP contribution < -0.4 is 15.4 Å². The number of benzene rings is 1. The maximum atomic E-state index is 8.92. The predicted molar refractivity (Wildman–Crippen MR) is 79.9 cm³/mol. The average molecular weight is 281 g/mol. The van der Waals surface area contributed by atoms with Crippen LogP contribution >= 0.6 is 0 Å². The first-order valence-electron chi connectivity index (χ1n) is 6.46. The van der Waals surface area contributed by atoms with E-state index < -0.39 is 0 Å². The highest BCUT2D eigenvalue weighted by Crippen LogP contribution is 2.27. The summed E-state index contributed by atoms with van der Waals surface area (Å²) in [6.45, 7) is 5.44. The molecule has 0 spiro atoms. The van der Waals surface area contributed by atoms with E-state index in [2.05, 4.69) is 23.9 Å². The quantitative estimate of drug-likeness (QED) is 0.344. The maximum absolute atomic E-state index is 8.92. The molecule has 0 aliphatic carbocycles. The van der Waals surface area contributed by atoms with Crippen molar-refractivity contribution in [3.63, 3.8) is 0 Å². The van der Waals surface area contributed by atoms with Crippen molar-refractivity contribution in [3.8, 4) is 5.75 Å². The monoisotopic (exact) mass is 281 g/mol. The molecule has 20 heavy (non-hydrogen) atoms. The molecule has 3 N–H and O–H groups in total. The van der Waals surface area contributed by atoms with E-state index in [0.29, 0.717) is 18.7 Å². The summed E-state index contributed by atoms with van der Waals surface area (Å²) >= 11 is 0. The fourth-order valence-electron chi connectivity index (χ4n) is 1.99. The lowest BCUT2D eigenvalue weighted by atomic mass is 10.1. The highest BCUT2D eigenvalue weighted by atomic mass is 16.5.